The molecule has 0 radical (unpaired) electrons. The summed E-state index contributed by atoms with van der Waals surface area (Å²) in [5, 5.41) is 0.633. The van der Waals surface area contributed by atoms with Crippen molar-refractivity contribution in [2.45, 2.75) is 25.9 Å². The lowest BCUT2D eigenvalue weighted by Crippen LogP contribution is -2.54. The maximum Gasteiger partial charge on any atom is 0.248 e. The van der Waals surface area contributed by atoms with Gasteiger partial charge in [0.15, 0.2) is 0 Å². The van der Waals surface area contributed by atoms with Crippen molar-refractivity contribution in [2.75, 3.05) is 32.8 Å². The van der Waals surface area contributed by atoms with E-state index < -0.39 is 5.41 Å². The molecule has 0 aliphatic carbocycles. The molecule has 1 saturated heterocycles. The molecule has 3 rings (SSSR count). The van der Waals surface area contributed by atoms with Crippen LogP contribution in [0.1, 0.15) is 25.0 Å². The molecule has 154 valence electrons. The molecule has 1 aliphatic heterocycles. The normalized spacial score (nSPS) is 14.7. The van der Waals surface area contributed by atoms with Crippen LogP contribution < -0.4 is 0 Å². The topological polar surface area (TPSA) is 49.9 Å². The first-order valence-electron chi connectivity index (χ1n) is 9.83. The van der Waals surface area contributed by atoms with E-state index in [4.69, 9.17) is 16.3 Å². The quantitative estimate of drug-likeness (QED) is 0.726. The number of carbonyl (C=O) groups is 2. The molecule has 0 saturated carbocycles. The van der Waals surface area contributed by atoms with Gasteiger partial charge < -0.3 is 14.5 Å². The third-order valence-electron chi connectivity index (χ3n) is 5.39. The highest BCUT2D eigenvalue weighted by molar-refractivity contribution is 6.31. The highest BCUT2D eigenvalue weighted by Crippen LogP contribution is 2.26. The SMILES string of the molecule is CC(C)(C(=O)N1CCN(C(=O)COCc2ccccc2Cl)CC1)c1ccccc1. The second kappa shape index (κ2) is 9.42. The van der Waals surface area contributed by atoms with Gasteiger partial charge in [-0.05, 0) is 31.0 Å². The lowest BCUT2D eigenvalue weighted by molar-refractivity contribution is -0.145. The molecule has 5 nitrogen and oxygen atoms in total. The molecule has 0 spiro atoms. The standard InChI is InChI=1S/C23H27ClN2O3/c1-23(2,19-9-4-3-5-10-19)22(28)26-14-12-25(13-15-26)21(27)17-29-16-18-8-6-7-11-20(18)24/h3-11H,12-17H2,1-2H3. The summed E-state index contributed by atoms with van der Waals surface area (Å²) in [5.74, 6) is 0.0252. The summed E-state index contributed by atoms with van der Waals surface area (Å²) in [6.07, 6.45) is 0. The smallest absolute Gasteiger partial charge is 0.248 e. The number of benzene rings is 2. The van der Waals surface area contributed by atoms with Crippen molar-refractivity contribution in [3.63, 3.8) is 0 Å². The van der Waals surface area contributed by atoms with E-state index in [1.807, 2.05) is 67.3 Å². The van der Waals surface area contributed by atoms with Crippen LogP contribution in [0.25, 0.3) is 0 Å². The van der Waals surface area contributed by atoms with Gasteiger partial charge in [0.05, 0.1) is 12.0 Å². The van der Waals surface area contributed by atoms with Crippen molar-refractivity contribution < 1.29 is 14.3 Å². The fourth-order valence-electron chi connectivity index (χ4n) is 3.49. The van der Waals surface area contributed by atoms with Crippen LogP contribution >= 0.6 is 11.6 Å². The Labute approximate surface area is 177 Å². The lowest BCUT2D eigenvalue weighted by atomic mass is 9.83. The molecule has 1 heterocycles. The largest absolute Gasteiger partial charge is 0.367 e. The highest BCUT2D eigenvalue weighted by atomic mass is 35.5. The Morgan fingerprint density at radius 3 is 2.17 bits per heavy atom. The first-order valence-corrected chi connectivity index (χ1v) is 10.2. The van der Waals surface area contributed by atoms with Gasteiger partial charge in [-0.15, -0.1) is 0 Å². The van der Waals surface area contributed by atoms with Crippen molar-refractivity contribution in [2.24, 2.45) is 0 Å². The third kappa shape index (κ3) is 5.17. The number of piperazine rings is 1. The first kappa shape index (κ1) is 21.3. The lowest BCUT2D eigenvalue weighted by Gasteiger charge is -2.38. The molecule has 0 atom stereocenters. The van der Waals surface area contributed by atoms with Gasteiger partial charge in [-0.25, -0.2) is 0 Å². The van der Waals surface area contributed by atoms with Gasteiger partial charge in [-0.3, -0.25) is 9.59 Å². The third-order valence-corrected chi connectivity index (χ3v) is 5.76. The Balaban J connectivity index is 1.48. The summed E-state index contributed by atoms with van der Waals surface area (Å²) >= 11 is 6.10. The minimum Gasteiger partial charge on any atom is -0.367 e. The van der Waals surface area contributed by atoms with Crippen LogP contribution in [0.3, 0.4) is 0 Å². The van der Waals surface area contributed by atoms with Crippen molar-refractivity contribution in [3.8, 4) is 0 Å². The fraction of sp³-hybridized carbons (Fsp3) is 0.391. The molecule has 2 aromatic carbocycles. The summed E-state index contributed by atoms with van der Waals surface area (Å²) in [6, 6.07) is 17.2. The summed E-state index contributed by atoms with van der Waals surface area (Å²) in [4.78, 5) is 29.1. The van der Waals surface area contributed by atoms with E-state index in [-0.39, 0.29) is 18.4 Å². The molecule has 6 heteroatoms. The molecular formula is C23H27ClN2O3. The molecule has 0 bridgehead atoms. The summed E-state index contributed by atoms with van der Waals surface area (Å²) < 4.78 is 5.55. The average Bonchev–Trinajstić information content (AvgIpc) is 2.75. The maximum atomic E-state index is 13.0. The van der Waals surface area contributed by atoms with E-state index in [0.717, 1.165) is 11.1 Å². The fourth-order valence-corrected chi connectivity index (χ4v) is 3.68. The van der Waals surface area contributed by atoms with Gasteiger partial charge >= 0.3 is 0 Å². The van der Waals surface area contributed by atoms with E-state index >= 15 is 0 Å². The second-order valence-corrected chi connectivity index (χ2v) is 8.16. The molecule has 2 amide bonds. The number of amides is 2. The predicted molar refractivity (Wildman–Crippen MR) is 114 cm³/mol. The van der Waals surface area contributed by atoms with Crippen LogP contribution in [0.2, 0.25) is 5.02 Å². The Morgan fingerprint density at radius 1 is 0.931 bits per heavy atom. The van der Waals surface area contributed by atoms with Gasteiger partial charge in [-0.1, -0.05) is 60.1 Å². The summed E-state index contributed by atoms with van der Waals surface area (Å²) in [6.45, 7) is 6.31. The number of hydrogen-bond donors (Lipinski definition) is 0. The van der Waals surface area contributed by atoms with E-state index in [2.05, 4.69) is 0 Å². The second-order valence-electron chi connectivity index (χ2n) is 7.75. The zero-order valence-electron chi connectivity index (χ0n) is 16.9. The van der Waals surface area contributed by atoms with Crippen LogP contribution in [-0.2, 0) is 26.3 Å². The van der Waals surface area contributed by atoms with E-state index in [1.54, 1.807) is 11.0 Å². The van der Waals surface area contributed by atoms with Gasteiger partial charge in [0.2, 0.25) is 11.8 Å². The van der Waals surface area contributed by atoms with Gasteiger partial charge in [-0.2, -0.15) is 0 Å². The Kier molecular flexibility index (Phi) is 6.93. The molecule has 1 fully saturated rings. The number of halogens is 1. The number of carbonyl (C=O) groups excluding carboxylic acids is 2. The maximum absolute atomic E-state index is 13.0. The molecule has 29 heavy (non-hydrogen) atoms. The molecule has 2 aromatic rings. The molecule has 0 N–H and O–H groups in total. The number of ether oxygens (including phenoxy) is 1. The minimum atomic E-state index is -0.592. The van der Waals surface area contributed by atoms with Crippen LogP contribution in [0.5, 0.6) is 0 Å². The molecule has 1 aliphatic rings. The molecule has 0 aromatic heterocycles. The van der Waals surface area contributed by atoms with Crippen LogP contribution in [0.15, 0.2) is 54.6 Å². The van der Waals surface area contributed by atoms with E-state index in [9.17, 15) is 9.59 Å². The van der Waals surface area contributed by atoms with Crippen LogP contribution in [-0.4, -0.2) is 54.4 Å². The van der Waals surface area contributed by atoms with E-state index in [0.29, 0.717) is 37.8 Å². The Hall–Kier alpha value is -2.37. The zero-order valence-corrected chi connectivity index (χ0v) is 17.7. The van der Waals surface area contributed by atoms with Crippen LogP contribution in [0, 0.1) is 0 Å². The summed E-state index contributed by atoms with van der Waals surface area (Å²) in [5.41, 5.74) is 1.27. The number of rotatable bonds is 6. The van der Waals surface area contributed by atoms with Gasteiger partial charge in [0.25, 0.3) is 0 Å². The summed E-state index contributed by atoms with van der Waals surface area (Å²) in [7, 11) is 0. The van der Waals surface area contributed by atoms with Gasteiger partial charge in [0, 0.05) is 31.2 Å². The molecular weight excluding hydrogens is 388 g/mol. The van der Waals surface area contributed by atoms with Gasteiger partial charge in [0.1, 0.15) is 6.61 Å². The molecule has 0 unspecified atom stereocenters. The van der Waals surface area contributed by atoms with Crippen molar-refractivity contribution in [1.82, 2.24) is 9.80 Å². The van der Waals surface area contributed by atoms with Crippen molar-refractivity contribution >= 4 is 23.4 Å². The van der Waals surface area contributed by atoms with Crippen molar-refractivity contribution in [3.05, 3.63) is 70.7 Å². The Bertz CT molecular complexity index is 846. The average molecular weight is 415 g/mol. The van der Waals surface area contributed by atoms with Crippen molar-refractivity contribution in [1.29, 1.82) is 0 Å². The predicted octanol–water partition coefficient (Wildman–Crippen LogP) is 3.51. The van der Waals surface area contributed by atoms with Crippen LogP contribution in [0.4, 0.5) is 0 Å². The number of nitrogens with zero attached hydrogens (tertiary/aromatic N) is 2. The van der Waals surface area contributed by atoms with E-state index in [1.165, 1.54) is 0 Å². The first-order chi connectivity index (χ1) is 13.9. The zero-order chi connectivity index (χ0) is 20.9. The minimum absolute atomic E-state index is 0.00861. The highest BCUT2D eigenvalue weighted by Gasteiger charge is 2.35. The Morgan fingerprint density at radius 2 is 1.52 bits per heavy atom. The monoisotopic (exact) mass is 414 g/mol. The number of hydrogen-bond acceptors (Lipinski definition) is 3.